The predicted molar refractivity (Wildman–Crippen MR) is 279 cm³/mol. The molecule has 0 aromatic carbocycles. The maximum atomic E-state index is 12.8. The molecule has 0 radical (unpaired) electrons. The topological polar surface area (TPSA) is 99.1 Å². The summed E-state index contributed by atoms with van der Waals surface area (Å²) in [7, 11) is 5.47. The van der Waals surface area contributed by atoms with E-state index in [-0.39, 0.29) is 49.1 Å². The number of carbonyl (C=O) groups is 3. The Morgan fingerprint density at radius 1 is 0.470 bits per heavy atom. The van der Waals surface area contributed by atoms with Gasteiger partial charge in [-0.15, -0.1) is 0 Å². The lowest BCUT2D eigenvalue weighted by Gasteiger charge is -2.31. The second-order valence-corrected chi connectivity index (χ2v) is 16.4. The van der Waals surface area contributed by atoms with Gasteiger partial charge in [-0.25, -0.2) is 4.79 Å². The van der Waals surface area contributed by atoms with E-state index in [9.17, 15) is 19.5 Å². The summed E-state index contributed by atoms with van der Waals surface area (Å²) < 4.78 is 17.2. The molecule has 0 aliphatic rings. The maximum absolute atomic E-state index is 12.8. The van der Waals surface area contributed by atoms with Crippen LogP contribution in [-0.2, 0) is 28.6 Å². The molecule has 0 saturated carbocycles. The lowest BCUT2D eigenvalue weighted by atomic mass is 10.1. The van der Waals surface area contributed by atoms with E-state index in [1.807, 2.05) is 94.1 Å². The standard InChI is InChI=1S/C58H85NO7/c1-6-8-10-12-14-16-18-20-22-24-26-27-28-29-31-32-34-36-38-40-42-44-46-48-56(60)65-53-54(52-64-51-50-55(58(62)63)59(3,4)5)66-57(61)49-47-45-43-41-39-37-35-33-30-25-23-21-19-17-15-13-11-9-7-2/h8-11,13-17,19-23,25-27,29-31,33-37,39-40,42,54-55H,6-7,12,18,24,28,32,38,41,43-53H2,1-5H3/p+1/b10-8+,11-9+,15-13+,16-14+,19-17+,22-20+,23-21+,27-26+,30-25+,31-29+,35-33+,36-34+,39-37+,42-40+. The number of rotatable bonds is 40. The zero-order chi connectivity index (χ0) is 48.4. The average molecular weight is 909 g/mol. The van der Waals surface area contributed by atoms with Gasteiger partial charge in [-0.1, -0.05) is 190 Å². The molecule has 0 heterocycles. The van der Waals surface area contributed by atoms with Crippen LogP contribution in [0.3, 0.4) is 0 Å². The van der Waals surface area contributed by atoms with E-state index in [4.69, 9.17) is 14.2 Å². The number of ether oxygens (including phenoxy) is 3. The summed E-state index contributed by atoms with van der Waals surface area (Å²) in [6.07, 6.45) is 71.2. The van der Waals surface area contributed by atoms with Crippen molar-refractivity contribution < 1.29 is 38.2 Å². The van der Waals surface area contributed by atoms with Crippen molar-refractivity contribution in [1.29, 1.82) is 0 Å². The molecule has 1 N–H and O–H groups in total. The zero-order valence-corrected chi connectivity index (χ0v) is 41.3. The van der Waals surface area contributed by atoms with E-state index in [1.54, 1.807) is 0 Å². The number of quaternary nitrogens is 1. The number of nitrogens with zero attached hydrogens (tertiary/aromatic N) is 1. The second kappa shape index (κ2) is 46.2. The molecular formula is C58H86NO7+. The van der Waals surface area contributed by atoms with E-state index in [0.29, 0.717) is 19.3 Å². The van der Waals surface area contributed by atoms with Gasteiger partial charge in [0.1, 0.15) is 6.61 Å². The van der Waals surface area contributed by atoms with Crippen LogP contribution in [0.2, 0.25) is 0 Å². The van der Waals surface area contributed by atoms with E-state index in [1.165, 1.54) is 0 Å². The molecule has 0 rings (SSSR count). The van der Waals surface area contributed by atoms with Gasteiger partial charge in [0.2, 0.25) is 0 Å². The predicted octanol–water partition coefficient (Wildman–Crippen LogP) is 14.1. The van der Waals surface area contributed by atoms with Crippen LogP contribution < -0.4 is 0 Å². The molecule has 0 bridgehead atoms. The molecule has 8 nitrogen and oxygen atoms in total. The van der Waals surface area contributed by atoms with Crippen LogP contribution in [0.4, 0.5) is 0 Å². The molecule has 0 saturated heterocycles. The van der Waals surface area contributed by atoms with Crippen LogP contribution in [0.5, 0.6) is 0 Å². The normalized spacial score (nSPS) is 14.4. The largest absolute Gasteiger partial charge is 0.477 e. The fraction of sp³-hybridized carbons (Fsp3) is 0.466. The Hall–Kier alpha value is -5.31. The maximum Gasteiger partial charge on any atom is 0.362 e. The molecule has 0 aromatic rings. The number of esters is 2. The van der Waals surface area contributed by atoms with Crippen LogP contribution in [0.15, 0.2) is 170 Å². The van der Waals surface area contributed by atoms with Gasteiger partial charge in [-0.3, -0.25) is 9.59 Å². The van der Waals surface area contributed by atoms with Crippen LogP contribution in [0.25, 0.3) is 0 Å². The van der Waals surface area contributed by atoms with Crippen LogP contribution in [0, 0.1) is 0 Å². The number of allylic oxidation sites excluding steroid dienone is 28. The molecule has 0 aromatic heterocycles. The van der Waals surface area contributed by atoms with Crippen molar-refractivity contribution in [2.24, 2.45) is 0 Å². The highest BCUT2D eigenvalue weighted by Gasteiger charge is 2.31. The quantitative estimate of drug-likeness (QED) is 0.0215. The Kier molecular flexibility index (Phi) is 42.5. The summed E-state index contributed by atoms with van der Waals surface area (Å²) in [5, 5.41) is 9.65. The summed E-state index contributed by atoms with van der Waals surface area (Å²) in [4.78, 5) is 37.1. The summed E-state index contributed by atoms with van der Waals surface area (Å²) in [6, 6.07) is -0.646. The molecule has 0 amide bonds. The third-order valence-corrected chi connectivity index (χ3v) is 9.56. The van der Waals surface area contributed by atoms with Crippen molar-refractivity contribution in [2.45, 2.75) is 135 Å². The molecule has 0 spiro atoms. The van der Waals surface area contributed by atoms with Crippen LogP contribution in [0.1, 0.15) is 123 Å². The molecule has 0 fully saturated rings. The third-order valence-electron chi connectivity index (χ3n) is 9.56. The molecule has 0 aliphatic carbocycles. The second-order valence-electron chi connectivity index (χ2n) is 16.4. The molecule has 364 valence electrons. The minimum atomic E-state index is -0.900. The zero-order valence-electron chi connectivity index (χ0n) is 41.3. The van der Waals surface area contributed by atoms with Gasteiger partial charge >= 0.3 is 17.9 Å². The minimum Gasteiger partial charge on any atom is -0.477 e. The van der Waals surface area contributed by atoms with Gasteiger partial charge in [0.05, 0.1) is 34.4 Å². The molecule has 66 heavy (non-hydrogen) atoms. The fourth-order valence-corrected chi connectivity index (χ4v) is 5.88. The molecule has 0 aliphatic heterocycles. The van der Waals surface area contributed by atoms with Crippen molar-refractivity contribution >= 4 is 17.9 Å². The van der Waals surface area contributed by atoms with Gasteiger partial charge in [-0.05, 0) is 83.5 Å². The van der Waals surface area contributed by atoms with Gasteiger partial charge in [0.15, 0.2) is 12.1 Å². The Bertz CT molecular complexity index is 1670. The smallest absolute Gasteiger partial charge is 0.362 e. The highest BCUT2D eigenvalue weighted by molar-refractivity contribution is 5.72. The van der Waals surface area contributed by atoms with Gasteiger partial charge in [0.25, 0.3) is 0 Å². The van der Waals surface area contributed by atoms with Crippen molar-refractivity contribution in [3.05, 3.63) is 170 Å². The highest BCUT2D eigenvalue weighted by atomic mass is 16.6. The van der Waals surface area contributed by atoms with Crippen molar-refractivity contribution in [1.82, 2.24) is 0 Å². The lowest BCUT2D eigenvalue weighted by Crippen LogP contribution is -2.50. The monoisotopic (exact) mass is 909 g/mol. The van der Waals surface area contributed by atoms with Crippen molar-refractivity contribution in [3.63, 3.8) is 0 Å². The van der Waals surface area contributed by atoms with E-state index >= 15 is 0 Å². The fourth-order valence-electron chi connectivity index (χ4n) is 5.88. The number of hydrogen-bond acceptors (Lipinski definition) is 6. The first kappa shape index (κ1) is 60.7. The summed E-state index contributed by atoms with van der Waals surface area (Å²) in [6.45, 7) is 4.32. The van der Waals surface area contributed by atoms with Crippen molar-refractivity contribution in [3.8, 4) is 0 Å². The number of likely N-dealkylation sites (N-methyl/N-ethyl adjacent to an activating group) is 1. The molecular weight excluding hydrogens is 823 g/mol. The van der Waals surface area contributed by atoms with Crippen LogP contribution in [-0.4, -0.2) is 80.6 Å². The summed E-state index contributed by atoms with van der Waals surface area (Å²) in [5.74, 6) is -1.63. The first-order valence-electron chi connectivity index (χ1n) is 24.3. The third kappa shape index (κ3) is 43.9. The first-order valence-corrected chi connectivity index (χ1v) is 24.3. The van der Waals surface area contributed by atoms with Gasteiger partial charge in [0, 0.05) is 19.3 Å². The number of hydrogen-bond donors (Lipinski definition) is 1. The number of unbranched alkanes of at least 4 members (excludes halogenated alkanes) is 4. The summed E-state index contributed by atoms with van der Waals surface area (Å²) in [5.41, 5.74) is 0. The Morgan fingerprint density at radius 3 is 1.36 bits per heavy atom. The molecule has 2 atom stereocenters. The van der Waals surface area contributed by atoms with Crippen molar-refractivity contribution in [2.75, 3.05) is 41.0 Å². The number of carboxylic acid groups (broad SMARTS) is 1. The van der Waals surface area contributed by atoms with E-state index in [0.717, 1.165) is 77.0 Å². The van der Waals surface area contributed by atoms with E-state index < -0.39 is 18.1 Å². The number of carbonyl (C=O) groups excluding carboxylic acids is 2. The SMILES string of the molecule is CC/C=C/C=C/C=C/C=C/C=C/C=C/C=C/CCCCCC(=O)OC(COCCC(C(=O)O)[N+](C)(C)C)COC(=O)CCC/C=C/C/C=C/C/C=C/C/C=C/C/C=C/C/C=C/C/C=C/CC. The summed E-state index contributed by atoms with van der Waals surface area (Å²) >= 11 is 0. The van der Waals surface area contributed by atoms with Gasteiger partial charge in [-0.2, -0.15) is 0 Å². The number of carboxylic acids is 1. The molecule has 8 heteroatoms. The van der Waals surface area contributed by atoms with Crippen LogP contribution >= 0.6 is 0 Å². The van der Waals surface area contributed by atoms with Gasteiger partial charge < -0.3 is 23.8 Å². The Balaban J connectivity index is 4.54. The number of aliphatic carboxylic acids is 1. The Morgan fingerprint density at radius 2 is 0.894 bits per heavy atom. The molecule has 2 unspecified atom stereocenters. The van der Waals surface area contributed by atoms with E-state index in [2.05, 4.69) is 111 Å². The lowest BCUT2D eigenvalue weighted by molar-refractivity contribution is -0.887. The Labute approximate surface area is 400 Å². The highest BCUT2D eigenvalue weighted by Crippen LogP contribution is 2.11. The first-order chi connectivity index (χ1) is 32.1. The minimum absolute atomic E-state index is 0.00940. The average Bonchev–Trinajstić information content (AvgIpc) is 3.28.